The Morgan fingerprint density at radius 2 is 2.05 bits per heavy atom. The van der Waals surface area contributed by atoms with Crippen LogP contribution in [0.2, 0.25) is 0 Å². The van der Waals surface area contributed by atoms with Gasteiger partial charge in [-0.2, -0.15) is 5.26 Å². The maximum Gasteiger partial charge on any atom is 0.239 e. The second-order valence-corrected chi connectivity index (χ2v) is 6.33. The lowest BCUT2D eigenvalue weighted by molar-refractivity contribution is -0.132. The molecule has 0 bridgehead atoms. The van der Waals surface area contributed by atoms with Crippen LogP contribution < -0.4 is 5.84 Å². The van der Waals surface area contributed by atoms with Crippen molar-refractivity contribution >= 4 is 17.7 Å². The highest BCUT2D eigenvalue weighted by Gasteiger charge is 2.30. The number of amides is 1. The molecule has 0 aromatic rings. The van der Waals surface area contributed by atoms with Crippen molar-refractivity contribution < 1.29 is 4.79 Å². The first kappa shape index (κ1) is 14.6. The highest BCUT2D eigenvalue weighted by Crippen LogP contribution is 2.22. The van der Waals surface area contributed by atoms with Crippen molar-refractivity contribution in [2.24, 2.45) is 5.84 Å². The number of nitrogens with zero attached hydrogens (tertiary/aromatic N) is 3. The summed E-state index contributed by atoms with van der Waals surface area (Å²) in [7, 11) is 0. The van der Waals surface area contributed by atoms with Crippen LogP contribution in [0.25, 0.3) is 0 Å². The van der Waals surface area contributed by atoms with Crippen LogP contribution in [-0.2, 0) is 4.79 Å². The number of nitriles is 1. The fourth-order valence-corrected chi connectivity index (χ4v) is 3.86. The van der Waals surface area contributed by atoms with Crippen molar-refractivity contribution in [1.82, 2.24) is 9.91 Å². The smallest absolute Gasteiger partial charge is 0.239 e. The summed E-state index contributed by atoms with van der Waals surface area (Å²) in [5.74, 6) is 7.40. The Balaban J connectivity index is 1.85. The van der Waals surface area contributed by atoms with E-state index in [1.165, 1.54) is 25.7 Å². The van der Waals surface area contributed by atoms with Crippen LogP contribution in [0, 0.1) is 11.3 Å². The zero-order valence-electron chi connectivity index (χ0n) is 11.3. The van der Waals surface area contributed by atoms with E-state index in [9.17, 15) is 4.79 Å². The number of carbonyl (C=O) groups excluding carboxylic acids is 1. The highest BCUT2D eigenvalue weighted by atomic mass is 32.2. The van der Waals surface area contributed by atoms with Crippen LogP contribution in [0.4, 0.5) is 0 Å². The summed E-state index contributed by atoms with van der Waals surface area (Å²) in [4.78, 5) is 13.8. The third-order valence-corrected chi connectivity index (χ3v) is 4.98. The van der Waals surface area contributed by atoms with E-state index in [-0.39, 0.29) is 18.5 Å². The second kappa shape index (κ2) is 7.13. The summed E-state index contributed by atoms with van der Waals surface area (Å²) in [6, 6.07) is 2.23. The molecule has 1 saturated carbocycles. The molecule has 0 aromatic heterocycles. The highest BCUT2D eigenvalue weighted by molar-refractivity contribution is 7.99. The molecule has 5 nitrogen and oxygen atoms in total. The molecule has 2 rings (SSSR count). The van der Waals surface area contributed by atoms with Gasteiger partial charge in [0.1, 0.15) is 6.04 Å². The van der Waals surface area contributed by atoms with E-state index >= 15 is 0 Å². The van der Waals surface area contributed by atoms with Crippen LogP contribution in [-0.4, -0.2) is 46.1 Å². The summed E-state index contributed by atoms with van der Waals surface area (Å²) < 4.78 is 0. The first-order chi connectivity index (χ1) is 9.22. The predicted octanol–water partition coefficient (Wildman–Crippen LogP) is 1.31. The average Bonchev–Trinajstić information content (AvgIpc) is 2.72. The van der Waals surface area contributed by atoms with Crippen LogP contribution in [0.1, 0.15) is 38.5 Å². The Hall–Kier alpha value is -0.770. The van der Waals surface area contributed by atoms with Gasteiger partial charge >= 0.3 is 0 Å². The number of thioether (sulfide) groups is 1. The van der Waals surface area contributed by atoms with Crippen molar-refractivity contribution in [3.05, 3.63) is 0 Å². The molecule has 1 aliphatic carbocycles. The Morgan fingerprint density at radius 3 is 2.68 bits per heavy atom. The van der Waals surface area contributed by atoms with Gasteiger partial charge in [-0.15, -0.1) is 11.8 Å². The monoisotopic (exact) mass is 282 g/mol. The first-order valence-electron chi connectivity index (χ1n) is 7.00. The van der Waals surface area contributed by atoms with Gasteiger partial charge in [-0.25, -0.2) is 5.01 Å². The fourth-order valence-electron chi connectivity index (χ4n) is 2.76. The summed E-state index contributed by atoms with van der Waals surface area (Å²) >= 11 is 1.63. The maximum absolute atomic E-state index is 12.2. The standard InChI is InChI=1S/C13H22N4OS/c14-7-12-9-19-10-16(12)13(18)8-17(15)11-5-3-1-2-4-6-11/h11-12H,1-6,8-10,15H2. The number of carbonyl (C=O) groups is 1. The summed E-state index contributed by atoms with van der Waals surface area (Å²) in [5.41, 5.74) is 0. The normalized spacial score (nSPS) is 25.3. The molecule has 1 unspecified atom stereocenters. The van der Waals surface area contributed by atoms with Crippen LogP contribution in [0.3, 0.4) is 0 Å². The Kier molecular flexibility index (Phi) is 5.49. The van der Waals surface area contributed by atoms with E-state index in [4.69, 9.17) is 11.1 Å². The zero-order chi connectivity index (χ0) is 13.7. The van der Waals surface area contributed by atoms with Gasteiger partial charge in [0, 0.05) is 11.8 Å². The molecular formula is C13H22N4OS. The topological polar surface area (TPSA) is 73.4 Å². The molecule has 106 valence electrons. The lowest BCUT2D eigenvalue weighted by atomic mass is 10.1. The minimum atomic E-state index is -0.278. The molecule has 6 heteroatoms. The van der Waals surface area contributed by atoms with Crippen molar-refractivity contribution in [2.75, 3.05) is 18.2 Å². The molecule has 2 aliphatic rings. The largest absolute Gasteiger partial charge is 0.315 e. The van der Waals surface area contributed by atoms with Gasteiger partial charge in [-0.05, 0) is 12.8 Å². The van der Waals surface area contributed by atoms with E-state index in [2.05, 4.69) is 6.07 Å². The molecule has 1 saturated heterocycles. The lowest BCUT2D eigenvalue weighted by Gasteiger charge is -2.28. The number of rotatable bonds is 3. The van der Waals surface area contributed by atoms with Crippen molar-refractivity contribution in [2.45, 2.75) is 50.6 Å². The maximum atomic E-state index is 12.2. The third-order valence-electron chi connectivity index (χ3n) is 3.96. The Morgan fingerprint density at radius 1 is 1.37 bits per heavy atom. The number of hydrogen-bond donors (Lipinski definition) is 1. The van der Waals surface area contributed by atoms with Gasteiger partial charge in [0.2, 0.25) is 5.91 Å². The molecule has 0 spiro atoms. The Bertz CT molecular complexity index is 349. The van der Waals surface area contributed by atoms with Gasteiger partial charge in [0.25, 0.3) is 0 Å². The quantitative estimate of drug-likeness (QED) is 0.480. The summed E-state index contributed by atoms with van der Waals surface area (Å²) in [6.45, 7) is 0.239. The van der Waals surface area contributed by atoms with Gasteiger partial charge in [0.05, 0.1) is 18.5 Å². The molecule has 19 heavy (non-hydrogen) atoms. The van der Waals surface area contributed by atoms with Crippen molar-refractivity contribution in [1.29, 1.82) is 5.26 Å². The molecule has 1 atom stereocenters. The second-order valence-electron chi connectivity index (χ2n) is 5.33. The third kappa shape index (κ3) is 3.85. The number of nitrogens with two attached hydrogens (primary N) is 1. The molecule has 1 amide bonds. The SMILES string of the molecule is N#CC1CSCN1C(=O)CN(N)C1CCCCCC1. The van der Waals surface area contributed by atoms with E-state index in [0.29, 0.717) is 11.9 Å². The molecule has 0 aromatic carbocycles. The lowest BCUT2D eigenvalue weighted by Crippen LogP contribution is -2.49. The summed E-state index contributed by atoms with van der Waals surface area (Å²) in [6.07, 6.45) is 7.12. The van der Waals surface area contributed by atoms with E-state index in [1.807, 2.05) is 0 Å². The molecule has 0 radical (unpaired) electrons. The summed E-state index contributed by atoms with van der Waals surface area (Å²) in [5, 5.41) is 10.7. The van der Waals surface area contributed by atoms with Crippen molar-refractivity contribution in [3.63, 3.8) is 0 Å². The number of hydrogen-bond acceptors (Lipinski definition) is 5. The van der Waals surface area contributed by atoms with Crippen LogP contribution >= 0.6 is 11.8 Å². The average molecular weight is 282 g/mol. The van der Waals surface area contributed by atoms with Gasteiger partial charge < -0.3 is 4.90 Å². The molecule has 1 heterocycles. The van der Waals surface area contributed by atoms with Crippen molar-refractivity contribution in [3.8, 4) is 6.07 Å². The minimum Gasteiger partial charge on any atom is -0.315 e. The minimum absolute atomic E-state index is 0.0108. The number of hydrazine groups is 1. The molecular weight excluding hydrogens is 260 g/mol. The van der Waals surface area contributed by atoms with E-state index in [1.54, 1.807) is 21.7 Å². The predicted molar refractivity (Wildman–Crippen MR) is 76.0 cm³/mol. The van der Waals surface area contributed by atoms with Crippen LogP contribution in [0.15, 0.2) is 0 Å². The molecule has 2 fully saturated rings. The molecule has 1 aliphatic heterocycles. The van der Waals surface area contributed by atoms with Gasteiger partial charge in [-0.1, -0.05) is 25.7 Å². The van der Waals surface area contributed by atoms with E-state index in [0.717, 1.165) is 18.6 Å². The van der Waals surface area contributed by atoms with Crippen LogP contribution in [0.5, 0.6) is 0 Å². The zero-order valence-corrected chi connectivity index (χ0v) is 12.1. The van der Waals surface area contributed by atoms with E-state index < -0.39 is 0 Å². The Labute approximate surface area is 119 Å². The fraction of sp³-hybridized carbons (Fsp3) is 0.846. The van der Waals surface area contributed by atoms with Gasteiger partial charge in [0.15, 0.2) is 0 Å². The first-order valence-corrected chi connectivity index (χ1v) is 8.16. The van der Waals surface area contributed by atoms with Gasteiger partial charge in [-0.3, -0.25) is 10.6 Å². The molecule has 2 N–H and O–H groups in total.